The Balaban J connectivity index is 2.29. The molecule has 6 nitrogen and oxygen atoms in total. The molecule has 6 heteroatoms. The molecule has 0 aromatic rings. The molecule has 0 aromatic carbocycles. The first-order valence-electron chi connectivity index (χ1n) is 7.62. The molecule has 1 aliphatic rings. The summed E-state index contributed by atoms with van der Waals surface area (Å²) in [4.78, 5) is 22.5. The number of rotatable bonds is 7. The summed E-state index contributed by atoms with van der Waals surface area (Å²) in [6.45, 7) is 0. The molecule has 3 atom stereocenters. The molecule has 1 aliphatic carbocycles. The van der Waals surface area contributed by atoms with Crippen molar-refractivity contribution < 1.29 is 19.4 Å². The van der Waals surface area contributed by atoms with Gasteiger partial charge >= 0.3 is 11.9 Å². The van der Waals surface area contributed by atoms with Gasteiger partial charge in [0.1, 0.15) is 18.2 Å². The van der Waals surface area contributed by atoms with Gasteiger partial charge in [0.2, 0.25) is 0 Å². The Kier molecular flexibility index (Phi) is 8.00. The highest BCUT2D eigenvalue weighted by atomic mass is 16.5. The highest BCUT2D eigenvalue weighted by Crippen LogP contribution is 2.15. The maximum atomic E-state index is 11.9. The Morgan fingerprint density at radius 1 is 1.19 bits per heavy atom. The van der Waals surface area contributed by atoms with Crippen molar-refractivity contribution in [3.8, 4) is 0 Å². The molecule has 0 aromatic heterocycles. The van der Waals surface area contributed by atoms with E-state index in [9.17, 15) is 9.59 Å². The van der Waals surface area contributed by atoms with E-state index < -0.39 is 24.0 Å². The van der Waals surface area contributed by atoms with E-state index in [0.29, 0.717) is 19.3 Å². The van der Waals surface area contributed by atoms with E-state index in [-0.39, 0.29) is 6.10 Å². The number of ether oxygens (including phenoxy) is 1. The predicted molar refractivity (Wildman–Crippen MR) is 79.5 cm³/mol. The molecule has 0 radical (unpaired) electrons. The SMILES string of the molecule is NC(CCC[C@H](N)C(=O)O)C(=O)OC1/C=C\CCCCC1. The number of hydrogen-bond acceptors (Lipinski definition) is 5. The third kappa shape index (κ3) is 7.24. The highest BCUT2D eigenvalue weighted by Gasteiger charge is 2.20. The zero-order chi connectivity index (χ0) is 15.7. The van der Waals surface area contributed by atoms with Gasteiger partial charge in [-0.3, -0.25) is 9.59 Å². The van der Waals surface area contributed by atoms with Gasteiger partial charge in [0, 0.05) is 0 Å². The number of nitrogens with two attached hydrogens (primary N) is 2. The van der Waals surface area contributed by atoms with Crippen molar-refractivity contribution in [1.29, 1.82) is 0 Å². The van der Waals surface area contributed by atoms with Crippen LogP contribution in [0.5, 0.6) is 0 Å². The van der Waals surface area contributed by atoms with Gasteiger partial charge in [-0.15, -0.1) is 0 Å². The van der Waals surface area contributed by atoms with Crippen LogP contribution in [0.3, 0.4) is 0 Å². The molecule has 0 amide bonds. The average molecular weight is 298 g/mol. The first-order valence-corrected chi connectivity index (χ1v) is 7.62. The largest absolute Gasteiger partial charge is 0.480 e. The van der Waals surface area contributed by atoms with Gasteiger partial charge < -0.3 is 21.3 Å². The molecule has 0 saturated carbocycles. The van der Waals surface area contributed by atoms with Crippen molar-refractivity contribution in [2.75, 3.05) is 0 Å². The third-order valence-corrected chi connectivity index (χ3v) is 3.63. The topological polar surface area (TPSA) is 116 Å². The van der Waals surface area contributed by atoms with Gasteiger partial charge in [-0.05, 0) is 51.0 Å². The van der Waals surface area contributed by atoms with Crippen molar-refractivity contribution >= 4 is 11.9 Å². The van der Waals surface area contributed by atoms with Crippen LogP contribution in [0.2, 0.25) is 0 Å². The maximum absolute atomic E-state index is 11.9. The number of hydrogen-bond donors (Lipinski definition) is 3. The Hall–Kier alpha value is -1.40. The molecule has 120 valence electrons. The second-order valence-electron chi connectivity index (χ2n) is 5.52. The standard InChI is InChI=1S/C15H26N2O4/c16-12(14(18)19)9-6-10-13(17)15(20)21-11-7-4-2-1-3-5-8-11/h4,7,11-13H,1-3,5-6,8-10,16-17H2,(H,18,19)/b7-4-/t11?,12-,13?/m0/s1. The second kappa shape index (κ2) is 9.52. The van der Waals surface area contributed by atoms with Crippen LogP contribution < -0.4 is 11.5 Å². The van der Waals surface area contributed by atoms with Crippen molar-refractivity contribution in [3.05, 3.63) is 12.2 Å². The molecule has 2 unspecified atom stereocenters. The molecule has 0 aliphatic heterocycles. The first-order chi connectivity index (χ1) is 10.0. The number of carboxylic acid groups (broad SMARTS) is 1. The fraction of sp³-hybridized carbons (Fsp3) is 0.733. The van der Waals surface area contributed by atoms with Crippen LogP contribution in [0.15, 0.2) is 12.2 Å². The zero-order valence-corrected chi connectivity index (χ0v) is 12.4. The van der Waals surface area contributed by atoms with Gasteiger partial charge in [0.05, 0.1) is 0 Å². The Labute approximate surface area is 125 Å². The van der Waals surface area contributed by atoms with Crippen molar-refractivity contribution in [2.24, 2.45) is 11.5 Å². The molecule has 1 rings (SSSR count). The van der Waals surface area contributed by atoms with Crippen molar-refractivity contribution in [3.63, 3.8) is 0 Å². The van der Waals surface area contributed by atoms with Crippen LogP contribution in [0.1, 0.15) is 51.4 Å². The normalized spacial score (nSPS) is 23.4. The van der Waals surface area contributed by atoms with E-state index in [4.69, 9.17) is 21.3 Å². The summed E-state index contributed by atoms with van der Waals surface area (Å²) in [6, 6.07) is -1.62. The summed E-state index contributed by atoms with van der Waals surface area (Å²) in [5.74, 6) is -1.46. The molecule has 0 bridgehead atoms. The van der Waals surface area contributed by atoms with E-state index in [2.05, 4.69) is 6.08 Å². The Morgan fingerprint density at radius 3 is 2.62 bits per heavy atom. The zero-order valence-electron chi connectivity index (χ0n) is 12.4. The predicted octanol–water partition coefficient (Wildman–Crippen LogP) is 1.33. The lowest BCUT2D eigenvalue weighted by atomic mass is 10.0. The van der Waals surface area contributed by atoms with Gasteiger partial charge in [-0.2, -0.15) is 0 Å². The summed E-state index contributed by atoms with van der Waals surface area (Å²) in [6.07, 6.45) is 10.2. The lowest BCUT2D eigenvalue weighted by Gasteiger charge is -2.19. The number of carbonyl (C=O) groups excluding carboxylic acids is 1. The summed E-state index contributed by atoms with van der Waals surface area (Å²) in [5.41, 5.74) is 11.2. The van der Waals surface area contributed by atoms with Crippen LogP contribution in [0.4, 0.5) is 0 Å². The van der Waals surface area contributed by atoms with Gasteiger partial charge in [-0.25, -0.2) is 0 Å². The molecular weight excluding hydrogens is 272 g/mol. The van der Waals surface area contributed by atoms with E-state index >= 15 is 0 Å². The van der Waals surface area contributed by atoms with Crippen LogP contribution >= 0.6 is 0 Å². The highest BCUT2D eigenvalue weighted by molar-refractivity contribution is 5.75. The van der Waals surface area contributed by atoms with Crippen LogP contribution in [-0.4, -0.2) is 35.2 Å². The minimum Gasteiger partial charge on any atom is -0.480 e. The van der Waals surface area contributed by atoms with Gasteiger partial charge in [-0.1, -0.05) is 12.5 Å². The first kappa shape index (κ1) is 17.7. The number of carboxylic acids is 1. The number of esters is 1. The fourth-order valence-corrected chi connectivity index (χ4v) is 2.26. The molecule has 21 heavy (non-hydrogen) atoms. The monoisotopic (exact) mass is 298 g/mol. The Morgan fingerprint density at radius 2 is 1.90 bits per heavy atom. The van der Waals surface area contributed by atoms with E-state index in [1.807, 2.05) is 6.08 Å². The Bertz CT molecular complexity index is 371. The van der Waals surface area contributed by atoms with Crippen LogP contribution in [0, 0.1) is 0 Å². The lowest BCUT2D eigenvalue weighted by Crippen LogP contribution is -2.35. The molecular formula is C15H26N2O4. The number of allylic oxidation sites excluding steroid dienone is 1. The quantitative estimate of drug-likeness (QED) is 0.482. The molecule has 0 saturated heterocycles. The average Bonchev–Trinajstić information content (AvgIpc) is 2.41. The smallest absolute Gasteiger partial charge is 0.323 e. The van der Waals surface area contributed by atoms with Crippen molar-refractivity contribution in [2.45, 2.75) is 69.6 Å². The molecule has 0 heterocycles. The molecule has 0 fully saturated rings. The third-order valence-electron chi connectivity index (χ3n) is 3.63. The number of aliphatic carboxylic acids is 1. The van der Waals surface area contributed by atoms with Crippen molar-refractivity contribution in [1.82, 2.24) is 0 Å². The number of carbonyl (C=O) groups is 2. The van der Waals surface area contributed by atoms with E-state index in [1.54, 1.807) is 0 Å². The summed E-state index contributed by atoms with van der Waals surface area (Å²) < 4.78 is 5.40. The lowest BCUT2D eigenvalue weighted by molar-refractivity contribution is -0.149. The fourth-order valence-electron chi connectivity index (χ4n) is 2.26. The van der Waals surface area contributed by atoms with E-state index in [0.717, 1.165) is 25.7 Å². The van der Waals surface area contributed by atoms with Gasteiger partial charge in [0.15, 0.2) is 0 Å². The second-order valence-corrected chi connectivity index (χ2v) is 5.52. The van der Waals surface area contributed by atoms with Gasteiger partial charge in [0.25, 0.3) is 0 Å². The summed E-state index contributed by atoms with van der Waals surface area (Å²) >= 11 is 0. The maximum Gasteiger partial charge on any atom is 0.323 e. The molecule has 0 spiro atoms. The minimum absolute atomic E-state index is 0.190. The summed E-state index contributed by atoms with van der Waals surface area (Å²) in [7, 11) is 0. The molecule has 5 N–H and O–H groups in total. The summed E-state index contributed by atoms with van der Waals surface area (Å²) in [5, 5.41) is 8.67. The minimum atomic E-state index is -1.04. The van der Waals surface area contributed by atoms with E-state index in [1.165, 1.54) is 6.42 Å². The van der Waals surface area contributed by atoms with Crippen LogP contribution in [0.25, 0.3) is 0 Å². The van der Waals surface area contributed by atoms with Crippen LogP contribution in [-0.2, 0) is 14.3 Å².